The molecule has 0 saturated carbocycles. The van der Waals surface area contributed by atoms with E-state index in [1.165, 1.54) is 17.9 Å². The Balaban J connectivity index is 2.28. The van der Waals surface area contributed by atoms with Crippen LogP contribution >= 0.6 is 0 Å². The van der Waals surface area contributed by atoms with Crippen molar-refractivity contribution in [2.24, 2.45) is 5.73 Å². The fourth-order valence-corrected chi connectivity index (χ4v) is 2.62. The molecule has 0 saturated heterocycles. The first-order valence-corrected chi connectivity index (χ1v) is 7.65. The van der Waals surface area contributed by atoms with Crippen LogP contribution in [0.2, 0.25) is 0 Å². The number of aliphatic carboxylic acids is 1. The van der Waals surface area contributed by atoms with Crippen molar-refractivity contribution < 1.29 is 24.2 Å². The molecule has 2 atom stereocenters. The van der Waals surface area contributed by atoms with E-state index >= 15 is 0 Å². The fourth-order valence-electron chi connectivity index (χ4n) is 2.62. The highest BCUT2D eigenvalue weighted by atomic mass is 16.6. The summed E-state index contributed by atoms with van der Waals surface area (Å²) in [6, 6.07) is -0.893. The predicted octanol–water partition coefficient (Wildman–Crippen LogP) is 0.738. The van der Waals surface area contributed by atoms with Crippen LogP contribution in [0.1, 0.15) is 34.1 Å². The van der Waals surface area contributed by atoms with Crippen LogP contribution in [0.3, 0.4) is 0 Å². The van der Waals surface area contributed by atoms with E-state index in [9.17, 15) is 19.5 Å². The normalized spacial score (nSPS) is 26.5. The number of hydrogen-bond donors (Lipinski definition) is 3. The monoisotopic (exact) mass is 337 g/mol. The molecule has 2 rings (SSSR count). The van der Waals surface area contributed by atoms with Crippen LogP contribution in [0.15, 0.2) is 23.4 Å². The molecule has 2 amide bonds. The Bertz CT molecular complexity index is 647. The van der Waals surface area contributed by atoms with Gasteiger partial charge < -0.3 is 20.9 Å². The summed E-state index contributed by atoms with van der Waals surface area (Å²) < 4.78 is 5.33. The number of carbonyl (C=O) groups is 3. The summed E-state index contributed by atoms with van der Waals surface area (Å²) in [5.74, 6) is -1.70. The van der Waals surface area contributed by atoms with E-state index in [-0.39, 0.29) is 13.0 Å². The number of nitrogens with one attached hydrogen (secondary N) is 1. The van der Waals surface area contributed by atoms with Gasteiger partial charge in [0.2, 0.25) is 5.91 Å². The van der Waals surface area contributed by atoms with Crippen molar-refractivity contribution in [3.05, 3.63) is 23.4 Å². The summed E-state index contributed by atoms with van der Waals surface area (Å²) in [4.78, 5) is 36.8. The van der Waals surface area contributed by atoms with E-state index < -0.39 is 35.2 Å². The van der Waals surface area contributed by atoms with Crippen LogP contribution in [0, 0.1) is 0 Å². The molecule has 0 radical (unpaired) electrons. The Kier molecular flexibility index (Phi) is 4.34. The molecule has 24 heavy (non-hydrogen) atoms. The summed E-state index contributed by atoms with van der Waals surface area (Å²) in [7, 11) is 0. The zero-order valence-electron chi connectivity index (χ0n) is 14.3. The quantitative estimate of drug-likeness (QED) is 0.683. The molecule has 0 fully saturated rings. The van der Waals surface area contributed by atoms with E-state index in [1.54, 1.807) is 26.8 Å². The Hall–Kier alpha value is -2.51. The minimum atomic E-state index is -1.25. The van der Waals surface area contributed by atoms with Gasteiger partial charge in [0.1, 0.15) is 11.6 Å². The molecule has 132 valence electrons. The van der Waals surface area contributed by atoms with Crippen molar-refractivity contribution in [2.45, 2.75) is 51.3 Å². The Labute approximate surface area is 140 Å². The third kappa shape index (κ3) is 3.52. The van der Waals surface area contributed by atoms with Gasteiger partial charge in [0.15, 0.2) is 5.54 Å². The zero-order chi connectivity index (χ0) is 18.3. The highest BCUT2D eigenvalue weighted by molar-refractivity contribution is 5.86. The molecule has 0 aromatic rings. The van der Waals surface area contributed by atoms with Gasteiger partial charge in [0.05, 0.1) is 6.54 Å². The number of rotatable bonds is 2. The third-order valence-corrected chi connectivity index (χ3v) is 3.93. The van der Waals surface area contributed by atoms with Crippen molar-refractivity contribution >= 4 is 18.0 Å². The standard InChI is InChI=1S/C16H23N3O5/c1-15(2,3)24-14(23)19-8-9-5-6-16(4,13(21)22)18-10(9)7-11(19)12(17)20/h5-6,11,18H,7-8H2,1-4H3,(H2,17,20)(H,21,22). The second kappa shape index (κ2) is 5.85. The number of ether oxygens (including phenoxy) is 1. The topological polar surface area (TPSA) is 122 Å². The van der Waals surface area contributed by atoms with E-state index in [4.69, 9.17) is 10.5 Å². The second-order valence-corrected chi connectivity index (χ2v) is 7.20. The number of nitrogens with two attached hydrogens (primary N) is 1. The largest absolute Gasteiger partial charge is 0.479 e. The van der Waals surface area contributed by atoms with E-state index in [0.29, 0.717) is 5.70 Å². The van der Waals surface area contributed by atoms with Crippen molar-refractivity contribution in [3.63, 3.8) is 0 Å². The maximum absolute atomic E-state index is 12.4. The Morgan fingerprint density at radius 2 is 2.04 bits per heavy atom. The highest BCUT2D eigenvalue weighted by Crippen LogP contribution is 2.29. The number of carboxylic acid groups (broad SMARTS) is 1. The first-order chi connectivity index (χ1) is 10.9. The molecule has 4 N–H and O–H groups in total. The fraction of sp³-hybridized carbons (Fsp3) is 0.562. The lowest BCUT2D eigenvalue weighted by atomic mass is 9.89. The average molecular weight is 337 g/mol. The smallest absolute Gasteiger partial charge is 0.411 e. The van der Waals surface area contributed by atoms with Gasteiger partial charge in [-0.1, -0.05) is 6.08 Å². The van der Waals surface area contributed by atoms with Crippen LogP contribution in [-0.2, 0) is 14.3 Å². The number of primary amides is 1. The van der Waals surface area contributed by atoms with Gasteiger partial charge in [-0.2, -0.15) is 0 Å². The number of amides is 2. The highest BCUT2D eigenvalue weighted by Gasteiger charge is 2.41. The minimum absolute atomic E-state index is 0.122. The molecule has 2 heterocycles. The summed E-state index contributed by atoms with van der Waals surface area (Å²) in [6.07, 6.45) is 2.68. The van der Waals surface area contributed by atoms with E-state index in [2.05, 4.69) is 5.32 Å². The van der Waals surface area contributed by atoms with Crippen molar-refractivity contribution in [1.82, 2.24) is 10.2 Å². The molecule has 2 unspecified atom stereocenters. The summed E-state index contributed by atoms with van der Waals surface area (Å²) >= 11 is 0. The second-order valence-electron chi connectivity index (χ2n) is 7.20. The Morgan fingerprint density at radius 1 is 1.42 bits per heavy atom. The Morgan fingerprint density at radius 3 is 2.54 bits per heavy atom. The summed E-state index contributed by atoms with van der Waals surface area (Å²) in [5.41, 5.74) is 4.82. The molecule has 0 bridgehead atoms. The van der Waals surface area contributed by atoms with Crippen LogP contribution in [0.4, 0.5) is 4.79 Å². The molecular weight excluding hydrogens is 314 g/mol. The number of nitrogens with zero attached hydrogens (tertiary/aromatic N) is 1. The van der Waals surface area contributed by atoms with Gasteiger partial charge in [0, 0.05) is 12.1 Å². The van der Waals surface area contributed by atoms with Gasteiger partial charge in [-0.15, -0.1) is 0 Å². The maximum Gasteiger partial charge on any atom is 0.411 e. The lowest BCUT2D eigenvalue weighted by Crippen LogP contribution is -2.57. The summed E-state index contributed by atoms with van der Waals surface area (Å²) in [5, 5.41) is 12.2. The lowest BCUT2D eigenvalue weighted by Gasteiger charge is -2.40. The molecule has 0 aromatic carbocycles. The maximum atomic E-state index is 12.4. The van der Waals surface area contributed by atoms with Crippen LogP contribution in [0.5, 0.6) is 0 Å². The lowest BCUT2D eigenvalue weighted by molar-refractivity contribution is -0.141. The molecule has 0 spiro atoms. The SMILES string of the molecule is CC(C)(C)OC(=O)N1CC2=C(CC1C(N)=O)NC(C)(C(=O)O)C=C2. The molecule has 8 heteroatoms. The van der Waals surface area contributed by atoms with Crippen LogP contribution in [0.25, 0.3) is 0 Å². The number of hydrogen-bond acceptors (Lipinski definition) is 5. The summed E-state index contributed by atoms with van der Waals surface area (Å²) in [6.45, 7) is 6.85. The van der Waals surface area contributed by atoms with Crippen LogP contribution < -0.4 is 11.1 Å². The van der Waals surface area contributed by atoms with Crippen LogP contribution in [-0.4, -0.2) is 51.7 Å². The molecule has 0 aromatic heterocycles. The van der Waals surface area contributed by atoms with Gasteiger partial charge >= 0.3 is 12.1 Å². The number of carboxylic acids is 1. The molecule has 2 aliphatic rings. The predicted molar refractivity (Wildman–Crippen MR) is 85.9 cm³/mol. The molecule has 2 aliphatic heterocycles. The number of carbonyl (C=O) groups excluding carboxylic acids is 2. The molecule has 0 aliphatic carbocycles. The molecular formula is C16H23N3O5. The molecule has 8 nitrogen and oxygen atoms in total. The van der Waals surface area contributed by atoms with Crippen molar-refractivity contribution in [2.75, 3.05) is 6.54 Å². The van der Waals surface area contributed by atoms with E-state index in [0.717, 1.165) is 5.57 Å². The van der Waals surface area contributed by atoms with Crippen molar-refractivity contribution in [3.8, 4) is 0 Å². The van der Waals surface area contributed by atoms with Gasteiger partial charge in [-0.05, 0) is 39.3 Å². The first-order valence-electron chi connectivity index (χ1n) is 7.65. The van der Waals surface area contributed by atoms with Crippen molar-refractivity contribution in [1.29, 1.82) is 0 Å². The van der Waals surface area contributed by atoms with Gasteiger partial charge in [-0.25, -0.2) is 9.59 Å². The third-order valence-electron chi connectivity index (χ3n) is 3.93. The average Bonchev–Trinajstić information content (AvgIpc) is 2.43. The van der Waals surface area contributed by atoms with Gasteiger partial charge in [-0.3, -0.25) is 9.69 Å². The van der Waals surface area contributed by atoms with E-state index in [1.807, 2.05) is 0 Å². The number of dihydropyridines is 1. The van der Waals surface area contributed by atoms with Gasteiger partial charge in [0.25, 0.3) is 0 Å². The first kappa shape index (κ1) is 17.8. The minimum Gasteiger partial charge on any atom is -0.479 e. The zero-order valence-corrected chi connectivity index (χ0v) is 14.3.